The number of likely N-dealkylation sites (tertiary alicyclic amines) is 1. The first-order chi connectivity index (χ1) is 11.7. The Morgan fingerprint density at radius 2 is 1.75 bits per heavy atom. The first-order valence-electron chi connectivity index (χ1n) is 9.12. The van der Waals surface area contributed by atoms with E-state index in [9.17, 15) is 9.59 Å². The molecule has 0 bridgehead atoms. The predicted molar refractivity (Wildman–Crippen MR) is 90.3 cm³/mol. The van der Waals surface area contributed by atoms with Gasteiger partial charge in [0.05, 0.1) is 5.92 Å². The number of aromatic nitrogens is 1. The summed E-state index contributed by atoms with van der Waals surface area (Å²) in [6, 6.07) is 4.52. The van der Waals surface area contributed by atoms with Gasteiger partial charge in [-0.25, -0.2) is 0 Å². The van der Waals surface area contributed by atoms with Gasteiger partial charge in [0.2, 0.25) is 11.8 Å². The minimum Gasteiger partial charge on any atom is -0.353 e. The Bertz CT molecular complexity index is 588. The molecular weight excluding hydrogens is 304 g/mol. The molecule has 3 heterocycles. The van der Waals surface area contributed by atoms with Gasteiger partial charge in [0, 0.05) is 70.7 Å². The molecule has 0 radical (unpaired) electrons. The second-order valence-corrected chi connectivity index (χ2v) is 7.27. The lowest BCUT2D eigenvalue weighted by Gasteiger charge is -2.36. The molecule has 24 heavy (non-hydrogen) atoms. The van der Waals surface area contributed by atoms with E-state index < -0.39 is 0 Å². The van der Waals surface area contributed by atoms with Crippen molar-refractivity contribution >= 4 is 11.8 Å². The summed E-state index contributed by atoms with van der Waals surface area (Å²) in [6.45, 7) is 6.11. The quantitative estimate of drug-likeness (QED) is 0.796. The maximum atomic E-state index is 12.7. The fraction of sp³-hybridized carbons (Fsp3) is 0.667. The van der Waals surface area contributed by atoms with Crippen molar-refractivity contribution in [2.75, 3.05) is 39.3 Å². The third-order valence-corrected chi connectivity index (χ3v) is 5.52. The summed E-state index contributed by atoms with van der Waals surface area (Å²) in [5.74, 6) is 0.266. The van der Waals surface area contributed by atoms with Crippen molar-refractivity contribution in [2.24, 2.45) is 5.92 Å². The first kappa shape index (κ1) is 15.7. The van der Waals surface area contributed by atoms with Gasteiger partial charge in [-0.2, -0.15) is 0 Å². The summed E-state index contributed by atoms with van der Waals surface area (Å²) in [4.78, 5) is 31.1. The van der Waals surface area contributed by atoms with E-state index in [1.54, 1.807) is 0 Å². The Balaban J connectivity index is 1.23. The van der Waals surface area contributed by atoms with E-state index in [2.05, 4.69) is 21.9 Å². The van der Waals surface area contributed by atoms with E-state index in [1.165, 1.54) is 0 Å². The summed E-state index contributed by atoms with van der Waals surface area (Å²) in [7, 11) is 0. The van der Waals surface area contributed by atoms with Gasteiger partial charge in [0.25, 0.3) is 0 Å². The van der Waals surface area contributed by atoms with Crippen molar-refractivity contribution in [3.63, 3.8) is 0 Å². The third kappa shape index (κ3) is 3.34. The number of hydrogen-bond donors (Lipinski definition) is 0. The normalized spacial score (nSPS) is 25.5. The summed E-state index contributed by atoms with van der Waals surface area (Å²) >= 11 is 0. The van der Waals surface area contributed by atoms with Gasteiger partial charge in [0.15, 0.2) is 0 Å². The van der Waals surface area contributed by atoms with Crippen molar-refractivity contribution in [3.05, 3.63) is 24.5 Å². The van der Waals surface area contributed by atoms with Crippen molar-refractivity contribution in [3.8, 4) is 0 Å². The zero-order chi connectivity index (χ0) is 16.5. The van der Waals surface area contributed by atoms with Crippen LogP contribution in [0.1, 0.15) is 19.3 Å². The molecule has 2 saturated heterocycles. The van der Waals surface area contributed by atoms with Gasteiger partial charge >= 0.3 is 0 Å². The van der Waals surface area contributed by atoms with Crippen LogP contribution in [0.15, 0.2) is 24.5 Å². The van der Waals surface area contributed by atoms with Gasteiger partial charge in [-0.15, -0.1) is 0 Å². The molecule has 130 valence electrons. The number of carbonyl (C=O) groups is 2. The fourth-order valence-corrected chi connectivity index (χ4v) is 3.86. The van der Waals surface area contributed by atoms with E-state index in [1.807, 2.05) is 21.9 Å². The van der Waals surface area contributed by atoms with Crippen molar-refractivity contribution in [1.82, 2.24) is 19.3 Å². The fourth-order valence-electron chi connectivity index (χ4n) is 3.86. The van der Waals surface area contributed by atoms with Crippen LogP contribution in [-0.2, 0) is 16.1 Å². The molecule has 6 heteroatoms. The average Bonchev–Trinajstić information content (AvgIpc) is 3.16. The number of hydrogen-bond acceptors (Lipinski definition) is 3. The molecular formula is C18H26N4O2. The van der Waals surface area contributed by atoms with Crippen LogP contribution in [0.2, 0.25) is 0 Å². The van der Waals surface area contributed by atoms with E-state index >= 15 is 0 Å². The molecule has 1 saturated carbocycles. The monoisotopic (exact) mass is 330 g/mol. The minimum atomic E-state index is -0.107. The Hall–Kier alpha value is -1.82. The van der Waals surface area contributed by atoms with Crippen molar-refractivity contribution in [1.29, 1.82) is 0 Å². The zero-order valence-corrected chi connectivity index (χ0v) is 14.1. The summed E-state index contributed by atoms with van der Waals surface area (Å²) in [5.41, 5.74) is 0. The Labute approximate surface area is 143 Å². The van der Waals surface area contributed by atoms with Crippen LogP contribution in [0.4, 0.5) is 0 Å². The topological polar surface area (TPSA) is 48.8 Å². The number of amides is 2. The number of carbonyl (C=O) groups excluding carboxylic acids is 2. The highest BCUT2D eigenvalue weighted by atomic mass is 16.2. The minimum absolute atomic E-state index is 0.107. The van der Waals surface area contributed by atoms with E-state index in [0.717, 1.165) is 52.1 Å². The first-order valence-corrected chi connectivity index (χ1v) is 9.12. The highest BCUT2D eigenvalue weighted by molar-refractivity contribution is 5.89. The lowest BCUT2D eigenvalue weighted by molar-refractivity contribution is -0.137. The van der Waals surface area contributed by atoms with Crippen LogP contribution in [-0.4, -0.2) is 76.4 Å². The van der Waals surface area contributed by atoms with E-state index in [0.29, 0.717) is 19.0 Å². The van der Waals surface area contributed by atoms with Gasteiger partial charge in [0.1, 0.15) is 0 Å². The zero-order valence-electron chi connectivity index (χ0n) is 14.1. The molecule has 4 rings (SSSR count). The molecule has 1 aliphatic carbocycles. The van der Waals surface area contributed by atoms with E-state index in [4.69, 9.17) is 0 Å². The molecule has 3 fully saturated rings. The molecule has 3 aliphatic rings. The lowest BCUT2D eigenvalue weighted by Crippen LogP contribution is -2.51. The molecule has 0 aromatic carbocycles. The lowest BCUT2D eigenvalue weighted by atomic mass is 10.1. The van der Waals surface area contributed by atoms with Crippen LogP contribution >= 0.6 is 0 Å². The van der Waals surface area contributed by atoms with Crippen LogP contribution in [0.3, 0.4) is 0 Å². The third-order valence-electron chi connectivity index (χ3n) is 5.52. The summed E-state index contributed by atoms with van der Waals surface area (Å²) in [5, 5.41) is 0. The maximum absolute atomic E-state index is 12.7. The molecule has 2 aliphatic heterocycles. The van der Waals surface area contributed by atoms with E-state index in [-0.39, 0.29) is 17.7 Å². The largest absolute Gasteiger partial charge is 0.353 e. The molecule has 0 spiro atoms. The van der Waals surface area contributed by atoms with Crippen LogP contribution in [0, 0.1) is 5.92 Å². The molecule has 1 atom stereocenters. The highest BCUT2D eigenvalue weighted by Gasteiger charge is 2.43. The van der Waals surface area contributed by atoms with Crippen LogP contribution in [0.5, 0.6) is 0 Å². The number of piperazine rings is 1. The summed E-state index contributed by atoms with van der Waals surface area (Å²) < 4.78 is 2.19. The Kier molecular flexibility index (Phi) is 4.31. The molecule has 6 nitrogen and oxygen atoms in total. The Morgan fingerprint density at radius 1 is 1.04 bits per heavy atom. The molecule has 0 N–H and O–H groups in total. The van der Waals surface area contributed by atoms with Gasteiger partial charge in [-0.05, 0) is 25.0 Å². The smallest absolute Gasteiger partial charge is 0.228 e. The van der Waals surface area contributed by atoms with Crippen molar-refractivity contribution in [2.45, 2.75) is 31.8 Å². The second-order valence-electron chi connectivity index (χ2n) is 7.27. The van der Waals surface area contributed by atoms with Crippen molar-refractivity contribution < 1.29 is 9.59 Å². The predicted octanol–water partition coefficient (Wildman–Crippen LogP) is 0.643. The van der Waals surface area contributed by atoms with Gasteiger partial charge < -0.3 is 14.4 Å². The van der Waals surface area contributed by atoms with Crippen LogP contribution in [0.25, 0.3) is 0 Å². The molecule has 1 aromatic heterocycles. The Morgan fingerprint density at radius 3 is 2.42 bits per heavy atom. The maximum Gasteiger partial charge on any atom is 0.228 e. The molecule has 1 aromatic rings. The standard InChI is InChI=1S/C18H26N4O2/c23-17-13-15(14-22(17)16-3-4-16)18(24)21-11-9-20(10-12-21)8-7-19-5-1-2-6-19/h1-2,5-6,15-16H,3-4,7-14H2. The number of nitrogens with zero attached hydrogens (tertiary/aromatic N) is 4. The second kappa shape index (κ2) is 6.59. The van der Waals surface area contributed by atoms with Gasteiger partial charge in [-0.1, -0.05) is 0 Å². The average molecular weight is 330 g/mol. The SMILES string of the molecule is O=C(C1CC(=O)N(C2CC2)C1)N1CCN(CCn2cccc2)CC1. The van der Waals surface area contributed by atoms with Crippen LogP contribution < -0.4 is 0 Å². The molecule has 1 unspecified atom stereocenters. The number of rotatable bonds is 5. The molecule has 2 amide bonds. The van der Waals surface area contributed by atoms with Gasteiger partial charge in [-0.3, -0.25) is 14.5 Å². The highest BCUT2D eigenvalue weighted by Crippen LogP contribution is 2.33. The summed E-state index contributed by atoms with van der Waals surface area (Å²) in [6.07, 6.45) is 6.83.